The SMILES string of the molecule is CC(c1ccccc1)N1C[C@@H](C)[C@@](C)(C(=O)O)C1. The van der Waals surface area contributed by atoms with E-state index in [2.05, 4.69) is 24.0 Å². The van der Waals surface area contributed by atoms with Crippen LogP contribution < -0.4 is 0 Å². The van der Waals surface area contributed by atoms with Gasteiger partial charge in [-0.25, -0.2) is 0 Å². The molecule has 0 radical (unpaired) electrons. The lowest BCUT2D eigenvalue weighted by molar-refractivity contribution is -0.149. The van der Waals surface area contributed by atoms with Gasteiger partial charge in [0.15, 0.2) is 0 Å². The van der Waals surface area contributed by atoms with Crippen molar-refractivity contribution in [2.45, 2.75) is 26.8 Å². The number of aliphatic carboxylic acids is 1. The zero-order valence-corrected chi connectivity index (χ0v) is 11.3. The molecule has 1 aromatic rings. The molecular formula is C15H21NO2. The summed E-state index contributed by atoms with van der Waals surface area (Å²) in [6.07, 6.45) is 0. The number of nitrogens with zero attached hydrogens (tertiary/aromatic N) is 1. The molecule has 0 aromatic heterocycles. The normalized spacial score (nSPS) is 30.3. The summed E-state index contributed by atoms with van der Waals surface area (Å²) in [6.45, 7) is 7.51. The molecule has 1 aliphatic heterocycles. The minimum Gasteiger partial charge on any atom is -0.481 e. The van der Waals surface area contributed by atoms with E-state index >= 15 is 0 Å². The van der Waals surface area contributed by atoms with Crippen LogP contribution in [0.25, 0.3) is 0 Å². The molecule has 1 aliphatic rings. The summed E-state index contributed by atoms with van der Waals surface area (Å²) in [4.78, 5) is 13.7. The summed E-state index contributed by atoms with van der Waals surface area (Å²) in [5.74, 6) is -0.501. The average Bonchev–Trinajstić information content (AvgIpc) is 2.67. The molecule has 0 aliphatic carbocycles. The number of carbonyl (C=O) groups is 1. The molecule has 2 rings (SSSR count). The minimum atomic E-state index is -0.683. The molecule has 98 valence electrons. The molecular weight excluding hydrogens is 226 g/mol. The first-order valence-corrected chi connectivity index (χ1v) is 6.47. The van der Waals surface area contributed by atoms with E-state index in [9.17, 15) is 9.90 Å². The number of carboxylic acids is 1. The lowest BCUT2D eigenvalue weighted by Gasteiger charge is -2.26. The first-order chi connectivity index (χ1) is 8.45. The van der Waals surface area contributed by atoms with E-state index < -0.39 is 11.4 Å². The monoisotopic (exact) mass is 247 g/mol. The van der Waals surface area contributed by atoms with Crippen LogP contribution in [-0.2, 0) is 4.79 Å². The van der Waals surface area contributed by atoms with E-state index in [4.69, 9.17) is 0 Å². The van der Waals surface area contributed by atoms with Crippen molar-refractivity contribution in [1.29, 1.82) is 0 Å². The summed E-state index contributed by atoms with van der Waals surface area (Å²) < 4.78 is 0. The van der Waals surface area contributed by atoms with Crippen molar-refractivity contribution in [2.75, 3.05) is 13.1 Å². The predicted octanol–water partition coefficient (Wildman–Crippen LogP) is 2.79. The number of likely N-dealkylation sites (tertiary alicyclic amines) is 1. The Morgan fingerprint density at radius 2 is 2.06 bits per heavy atom. The highest BCUT2D eigenvalue weighted by molar-refractivity contribution is 5.75. The molecule has 0 bridgehead atoms. The molecule has 1 unspecified atom stereocenters. The fourth-order valence-electron chi connectivity index (χ4n) is 2.71. The summed E-state index contributed by atoms with van der Waals surface area (Å²) in [5.41, 5.74) is 0.627. The fraction of sp³-hybridized carbons (Fsp3) is 0.533. The number of benzene rings is 1. The van der Waals surface area contributed by atoms with E-state index in [1.165, 1.54) is 5.56 Å². The second-order valence-corrected chi connectivity index (χ2v) is 5.64. The summed E-state index contributed by atoms with van der Waals surface area (Å²) in [6, 6.07) is 10.5. The standard InChI is InChI=1S/C15H21NO2/c1-11-9-16(10-15(11,3)14(17)18)12(2)13-7-5-4-6-8-13/h4-8,11-12H,9-10H2,1-3H3,(H,17,18)/t11-,12?,15+/m1/s1. The Balaban J connectivity index is 2.16. The summed E-state index contributed by atoms with van der Waals surface area (Å²) in [7, 11) is 0. The zero-order valence-electron chi connectivity index (χ0n) is 11.3. The third kappa shape index (κ3) is 2.15. The highest BCUT2D eigenvalue weighted by atomic mass is 16.4. The first kappa shape index (κ1) is 13.1. The van der Waals surface area contributed by atoms with Crippen molar-refractivity contribution in [1.82, 2.24) is 4.90 Å². The van der Waals surface area contributed by atoms with Crippen molar-refractivity contribution in [3.05, 3.63) is 35.9 Å². The topological polar surface area (TPSA) is 40.5 Å². The number of carboxylic acid groups (broad SMARTS) is 1. The fourth-order valence-corrected chi connectivity index (χ4v) is 2.71. The van der Waals surface area contributed by atoms with Crippen LogP contribution in [0.15, 0.2) is 30.3 Å². The number of hydrogen-bond acceptors (Lipinski definition) is 2. The van der Waals surface area contributed by atoms with Crippen molar-refractivity contribution in [3.8, 4) is 0 Å². The third-order valence-electron chi connectivity index (χ3n) is 4.45. The van der Waals surface area contributed by atoms with Crippen LogP contribution in [0.3, 0.4) is 0 Å². The Morgan fingerprint density at radius 3 is 2.56 bits per heavy atom. The van der Waals surface area contributed by atoms with Gasteiger partial charge in [0.2, 0.25) is 0 Å². The molecule has 1 N–H and O–H groups in total. The number of hydrogen-bond donors (Lipinski definition) is 1. The van der Waals surface area contributed by atoms with Crippen molar-refractivity contribution in [2.24, 2.45) is 11.3 Å². The van der Waals surface area contributed by atoms with E-state index in [-0.39, 0.29) is 12.0 Å². The lowest BCUT2D eigenvalue weighted by Crippen LogP contribution is -2.35. The van der Waals surface area contributed by atoms with Gasteiger partial charge in [0, 0.05) is 19.1 Å². The maximum absolute atomic E-state index is 11.4. The van der Waals surface area contributed by atoms with E-state index in [1.54, 1.807) is 0 Å². The Kier molecular flexibility index (Phi) is 3.44. The molecule has 1 heterocycles. The number of rotatable bonds is 3. The van der Waals surface area contributed by atoms with Crippen LogP contribution >= 0.6 is 0 Å². The Hall–Kier alpha value is -1.35. The Morgan fingerprint density at radius 1 is 1.44 bits per heavy atom. The van der Waals surface area contributed by atoms with E-state index in [1.807, 2.05) is 32.0 Å². The van der Waals surface area contributed by atoms with Gasteiger partial charge in [0.1, 0.15) is 0 Å². The van der Waals surface area contributed by atoms with Gasteiger partial charge in [0.05, 0.1) is 5.41 Å². The molecule has 1 aromatic carbocycles. The molecule has 1 saturated heterocycles. The largest absolute Gasteiger partial charge is 0.481 e. The van der Waals surface area contributed by atoms with Crippen LogP contribution in [0.1, 0.15) is 32.4 Å². The molecule has 1 fully saturated rings. The Bertz CT molecular complexity index is 431. The van der Waals surface area contributed by atoms with E-state index in [0.29, 0.717) is 6.54 Å². The maximum Gasteiger partial charge on any atom is 0.310 e. The second-order valence-electron chi connectivity index (χ2n) is 5.64. The van der Waals surface area contributed by atoms with Gasteiger partial charge in [0.25, 0.3) is 0 Å². The van der Waals surface area contributed by atoms with Gasteiger partial charge >= 0.3 is 5.97 Å². The third-order valence-corrected chi connectivity index (χ3v) is 4.45. The first-order valence-electron chi connectivity index (χ1n) is 6.47. The molecule has 3 heteroatoms. The van der Waals surface area contributed by atoms with Crippen LogP contribution in [0.4, 0.5) is 0 Å². The molecule has 3 atom stereocenters. The summed E-state index contributed by atoms with van der Waals surface area (Å²) in [5, 5.41) is 9.39. The average molecular weight is 247 g/mol. The molecule has 3 nitrogen and oxygen atoms in total. The zero-order chi connectivity index (χ0) is 13.3. The highest BCUT2D eigenvalue weighted by Gasteiger charge is 2.47. The highest BCUT2D eigenvalue weighted by Crippen LogP contribution is 2.39. The molecule has 0 spiro atoms. The van der Waals surface area contributed by atoms with Crippen LogP contribution in [0, 0.1) is 11.3 Å². The lowest BCUT2D eigenvalue weighted by atomic mass is 9.81. The van der Waals surface area contributed by atoms with Crippen molar-refractivity contribution in [3.63, 3.8) is 0 Å². The smallest absolute Gasteiger partial charge is 0.310 e. The van der Waals surface area contributed by atoms with Gasteiger partial charge in [-0.1, -0.05) is 37.3 Å². The van der Waals surface area contributed by atoms with Gasteiger partial charge in [-0.15, -0.1) is 0 Å². The van der Waals surface area contributed by atoms with Crippen molar-refractivity contribution >= 4 is 5.97 Å². The molecule has 0 amide bonds. The van der Waals surface area contributed by atoms with Crippen molar-refractivity contribution < 1.29 is 9.90 Å². The van der Waals surface area contributed by atoms with Crippen LogP contribution in [0.2, 0.25) is 0 Å². The molecule has 0 saturated carbocycles. The van der Waals surface area contributed by atoms with Crippen LogP contribution in [-0.4, -0.2) is 29.1 Å². The quantitative estimate of drug-likeness (QED) is 0.893. The summed E-state index contributed by atoms with van der Waals surface area (Å²) >= 11 is 0. The van der Waals surface area contributed by atoms with Gasteiger partial charge in [-0.3, -0.25) is 9.69 Å². The predicted molar refractivity (Wildman–Crippen MR) is 71.3 cm³/mol. The molecule has 18 heavy (non-hydrogen) atoms. The van der Waals surface area contributed by atoms with Gasteiger partial charge in [-0.2, -0.15) is 0 Å². The minimum absolute atomic E-state index is 0.182. The van der Waals surface area contributed by atoms with Gasteiger partial charge in [-0.05, 0) is 25.3 Å². The van der Waals surface area contributed by atoms with Crippen LogP contribution in [0.5, 0.6) is 0 Å². The Labute approximate surface area is 108 Å². The van der Waals surface area contributed by atoms with Gasteiger partial charge < -0.3 is 5.11 Å². The second kappa shape index (κ2) is 4.73. The maximum atomic E-state index is 11.4. The van der Waals surface area contributed by atoms with E-state index in [0.717, 1.165) is 6.54 Å².